The van der Waals surface area contributed by atoms with E-state index in [0.29, 0.717) is 17.1 Å². The van der Waals surface area contributed by atoms with Crippen LogP contribution >= 0.6 is 0 Å². The normalized spacial score (nSPS) is 15.9. The molecule has 0 spiro atoms. The van der Waals surface area contributed by atoms with Gasteiger partial charge in [-0.15, -0.1) is 5.10 Å². The lowest BCUT2D eigenvalue weighted by Gasteiger charge is -2.22. The van der Waals surface area contributed by atoms with Crippen LogP contribution in [0.3, 0.4) is 0 Å². The largest absolute Gasteiger partial charge is 0.324 e. The van der Waals surface area contributed by atoms with Crippen LogP contribution in [-0.4, -0.2) is 31.6 Å². The minimum absolute atomic E-state index is 0.0735. The van der Waals surface area contributed by atoms with Crippen molar-refractivity contribution in [2.45, 2.75) is 12.5 Å². The van der Waals surface area contributed by atoms with E-state index in [4.69, 9.17) is 0 Å². The first kappa shape index (κ1) is 15.9. The van der Waals surface area contributed by atoms with Gasteiger partial charge in [-0.1, -0.05) is 0 Å². The summed E-state index contributed by atoms with van der Waals surface area (Å²) in [5.74, 6) is -0.619. The van der Waals surface area contributed by atoms with E-state index in [1.165, 1.54) is 28.9 Å². The van der Waals surface area contributed by atoms with Crippen LogP contribution in [0.5, 0.6) is 0 Å². The fourth-order valence-electron chi connectivity index (χ4n) is 2.64. The molecular formula is C17H13FN6O2. The summed E-state index contributed by atoms with van der Waals surface area (Å²) in [5.41, 5.74) is 1.10. The highest BCUT2D eigenvalue weighted by Crippen LogP contribution is 2.27. The third-order valence-electron chi connectivity index (χ3n) is 3.89. The third kappa shape index (κ3) is 3.02. The second-order valence-electron chi connectivity index (χ2n) is 5.71. The Hall–Kier alpha value is -3.62. The van der Waals surface area contributed by atoms with E-state index in [1.807, 2.05) is 0 Å². The number of halogens is 1. The predicted molar refractivity (Wildman–Crippen MR) is 90.6 cm³/mol. The van der Waals surface area contributed by atoms with Gasteiger partial charge in [-0.05, 0) is 36.4 Å². The first-order chi connectivity index (χ1) is 12.6. The molecule has 0 bridgehead atoms. The Bertz CT molecular complexity index is 971. The Balaban J connectivity index is 1.64. The molecule has 1 aromatic carbocycles. The topological polar surface area (TPSA) is 102 Å². The summed E-state index contributed by atoms with van der Waals surface area (Å²) < 4.78 is 14.4. The zero-order valence-electron chi connectivity index (χ0n) is 13.4. The molecule has 3 heterocycles. The second-order valence-corrected chi connectivity index (χ2v) is 5.71. The standard InChI is InChI=1S/C17H13FN6O2/c18-11-3-5-12(6-4-11)20-16(26)13-8-14(25)21-17-22-15(23-24(13)17)10-2-1-7-19-9-10/h1-7,9,13H,8H2,(H,20,26)(H,21,22,23,25)/t13-/m1/s1. The van der Waals surface area contributed by atoms with Gasteiger partial charge in [-0.25, -0.2) is 9.07 Å². The lowest BCUT2D eigenvalue weighted by molar-refractivity contribution is -0.125. The average molecular weight is 352 g/mol. The van der Waals surface area contributed by atoms with Gasteiger partial charge in [0.15, 0.2) is 5.82 Å². The molecule has 0 unspecified atom stereocenters. The smallest absolute Gasteiger partial charge is 0.249 e. The van der Waals surface area contributed by atoms with E-state index in [0.717, 1.165) is 0 Å². The molecule has 0 fully saturated rings. The molecule has 2 aromatic heterocycles. The Morgan fingerprint density at radius 1 is 1.27 bits per heavy atom. The molecule has 0 saturated heterocycles. The highest BCUT2D eigenvalue weighted by Gasteiger charge is 2.33. The highest BCUT2D eigenvalue weighted by molar-refractivity contribution is 6.00. The van der Waals surface area contributed by atoms with Crippen molar-refractivity contribution >= 4 is 23.5 Å². The zero-order chi connectivity index (χ0) is 18.1. The van der Waals surface area contributed by atoms with Crippen LogP contribution in [0.15, 0.2) is 48.8 Å². The highest BCUT2D eigenvalue weighted by atomic mass is 19.1. The first-order valence-corrected chi connectivity index (χ1v) is 7.83. The van der Waals surface area contributed by atoms with Crippen LogP contribution in [0, 0.1) is 5.82 Å². The number of hydrogen-bond acceptors (Lipinski definition) is 5. The maximum Gasteiger partial charge on any atom is 0.249 e. The summed E-state index contributed by atoms with van der Waals surface area (Å²) >= 11 is 0. The molecule has 9 heteroatoms. The van der Waals surface area contributed by atoms with Crippen molar-refractivity contribution in [3.8, 4) is 11.4 Å². The van der Waals surface area contributed by atoms with Crippen molar-refractivity contribution in [1.82, 2.24) is 19.7 Å². The van der Waals surface area contributed by atoms with Crippen molar-refractivity contribution in [2.24, 2.45) is 0 Å². The van der Waals surface area contributed by atoms with Gasteiger partial charge in [0.05, 0.1) is 6.42 Å². The molecule has 130 valence electrons. The van der Waals surface area contributed by atoms with Gasteiger partial charge >= 0.3 is 0 Å². The second kappa shape index (κ2) is 6.36. The van der Waals surface area contributed by atoms with Crippen LogP contribution in [0.1, 0.15) is 12.5 Å². The van der Waals surface area contributed by atoms with E-state index in [2.05, 4.69) is 25.7 Å². The quantitative estimate of drug-likeness (QED) is 0.751. The summed E-state index contributed by atoms with van der Waals surface area (Å²) in [7, 11) is 0. The number of fused-ring (bicyclic) bond motifs is 1. The number of rotatable bonds is 3. The minimum atomic E-state index is -0.860. The monoisotopic (exact) mass is 352 g/mol. The van der Waals surface area contributed by atoms with Gasteiger partial charge in [-0.2, -0.15) is 4.98 Å². The van der Waals surface area contributed by atoms with Gasteiger partial charge in [0, 0.05) is 23.6 Å². The molecule has 4 rings (SSSR count). The molecular weight excluding hydrogens is 339 g/mol. The fraction of sp³-hybridized carbons (Fsp3) is 0.118. The molecule has 8 nitrogen and oxygen atoms in total. The number of nitrogens with zero attached hydrogens (tertiary/aromatic N) is 4. The van der Waals surface area contributed by atoms with E-state index in [1.54, 1.807) is 24.5 Å². The molecule has 0 saturated carbocycles. The van der Waals surface area contributed by atoms with Crippen molar-refractivity contribution < 1.29 is 14.0 Å². The molecule has 1 aliphatic rings. The molecule has 3 aromatic rings. The number of nitrogens with one attached hydrogen (secondary N) is 2. The molecule has 26 heavy (non-hydrogen) atoms. The Labute approximate surface area is 147 Å². The van der Waals surface area contributed by atoms with E-state index in [9.17, 15) is 14.0 Å². The summed E-state index contributed by atoms with van der Waals surface area (Å²) in [5, 5.41) is 9.61. The van der Waals surface area contributed by atoms with Crippen LogP contribution < -0.4 is 10.6 Å². The maximum atomic E-state index is 13.0. The van der Waals surface area contributed by atoms with Crippen LogP contribution in [0.4, 0.5) is 16.0 Å². The number of carbonyl (C=O) groups excluding carboxylic acids is 2. The van der Waals surface area contributed by atoms with Gasteiger partial charge in [0.1, 0.15) is 11.9 Å². The van der Waals surface area contributed by atoms with Gasteiger partial charge in [-0.3, -0.25) is 19.9 Å². The van der Waals surface area contributed by atoms with Crippen LogP contribution in [-0.2, 0) is 9.59 Å². The van der Waals surface area contributed by atoms with Crippen molar-refractivity contribution in [2.75, 3.05) is 10.6 Å². The van der Waals surface area contributed by atoms with E-state index in [-0.39, 0.29) is 18.3 Å². The lowest BCUT2D eigenvalue weighted by atomic mass is 10.1. The molecule has 0 radical (unpaired) electrons. The Morgan fingerprint density at radius 3 is 2.81 bits per heavy atom. The predicted octanol–water partition coefficient (Wildman–Crippen LogP) is 2.00. The van der Waals surface area contributed by atoms with E-state index < -0.39 is 17.8 Å². The van der Waals surface area contributed by atoms with Crippen molar-refractivity contribution in [3.05, 3.63) is 54.6 Å². The fourth-order valence-corrected chi connectivity index (χ4v) is 2.64. The van der Waals surface area contributed by atoms with Gasteiger partial charge in [0.25, 0.3) is 0 Å². The SMILES string of the molecule is O=C1C[C@H](C(=O)Nc2ccc(F)cc2)n2nc(-c3cccnc3)nc2N1. The van der Waals surface area contributed by atoms with Gasteiger partial charge in [0.2, 0.25) is 17.8 Å². The molecule has 1 aliphatic heterocycles. The number of pyridine rings is 1. The van der Waals surface area contributed by atoms with E-state index >= 15 is 0 Å². The van der Waals surface area contributed by atoms with Gasteiger partial charge < -0.3 is 5.32 Å². The summed E-state index contributed by atoms with van der Waals surface area (Å²) in [6, 6.07) is 8.03. The number of carbonyl (C=O) groups is 2. The minimum Gasteiger partial charge on any atom is -0.324 e. The molecule has 1 atom stereocenters. The number of amides is 2. The Kier molecular flexibility index (Phi) is 3.88. The van der Waals surface area contributed by atoms with Crippen molar-refractivity contribution in [1.29, 1.82) is 0 Å². The third-order valence-corrected chi connectivity index (χ3v) is 3.89. The molecule has 0 aliphatic carbocycles. The summed E-state index contributed by atoms with van der Waals surface area (Å²) in [4.78, 5) is 32.9. The summed E-state index contributed by atoms with van der Waals surface area (Å²) in [6.07, 6.45) is 3.15. The molecule has 2 amide bonds. The first-order valence-electron chi connectivity index (χ1n) is 7.83. The number of benzene rings is 1. The lowest BCUT2D eigenvalue weighted by Crippen LogP contribution is -2.36. The van der Waals surface area contributed by atoms with Crippen LogP contribution in [0.2, 0.25) is 0 Å². The van der Waals surface area contributed by atoms with Crippen LogP contribution in [0.25, 0.3) is 11.4 Å². The number of aromatic nitrogens is 4. The average Bonchev–Trinajstić information content (AvgIpc) is 3.07. The summed E-state index contributed by atoms with van der Waals surface area (Å²) in [6.45, 7) is 0. The maximum absolute atomic E-state index is 13.0. The Morgan fingerprint density at radius 2 is 2.08 bits per heavy atom. The molecule has 2 N–H and O–H groups in total. The zero-order valence-corrected chi connectivity index (χ0v) is 13.4. The number of hydrogen-bond donors (Lipinski definition) is 2. The van der Waals surface area contributed by atoms with Crippen molar-refractivity contribution in [3.63, 3.8) is 0 Å². The number of anilines is 2.